The summed E-state index contributed by atoms with van der Waals surface area (Å²) in [6, 6.07) is 26.6. The Bertz CT molecular complexity index is 1760. The molecule has 0 aliphatic heterocycles. The number of benzene rings is 4. The molecule has 0 aliphatic carbocycles. The van der Waals surface area contributed by atoms with Crippen LogP contribution < -0.4 is 9.62 Å². The lowest BCUT2D eigenvalue weighted by Gasteiger charge is -2.34. The van der Waals surface area contributed by atoms with E-state index in [-0.39, 0.29) is 45.5 Å². The molecule has 0 aliphatic rings. The van der Waals surface area contributed by atoms with Crippen molar-refractivity contribution in [3.05, 3.63) is 128 Å². The van der Waals surface area contributed by atoms with Crippen LogP contribution in [-0.2, 0) is 32.6 Å². The molecule has 0 radical (unpaired) electrons. The van der Waals surface area contributed by atoms with E-state index >= 15 is 0 Å². The molecular formula is C35H36BrCl2N3O4S. The zero-order valence-electron chi connectivity index (χ0n) is 25.8. The molecule has 46 heavy (non-hydrogen) atoms. The Morgan fingerprint density at radius 3 is 2.13 bits per heavy atom. The molecule has 242 valence electrons. The summed E-state index contributed by atoms with van der Waals surface area (Å²) in [5, 5.41) is 3.41. The summed E-state index contributed by atoms with van der Waals surface area (Å²) in [5.41, 5.74) is 2.67. The first-order valence-electron chi connectivity index (χ1n) is 14.8. The molecule has 0 heterocycles. The van der Waals surface area contributed by atoms with Crippen LogP contribution >= 0.6 is 39.1 Å². The van der Waals surface area contributed by atoms with Gasteiger partial charge in [-0.3, -0.25) is 13.9 Å². The molecule has 0 saturated carbocycles. The topological polar surface area (TPSA) is 86.8 Å². The van der Waals surface area contributed by atoms with E-state index in [2.05, 4.69) is 21.2 Å². The summed E-state index contributed by atoms with van der Waals surface area (Å²) in [7, 11) is -4.26. The van der Waals surface area contributed by atoms with Crippen LogP contribution in [-0.4, -0.2) is 43.8 Å². The number of halogens is 3. The first kappa shape index (κ1) is 35.5. The highest BCUT2D eigenvalue weighted by Gasteiger charge is 2.35. The number of rotatable bonds is 13. The molecule has 0 bridgehead atoms. The van der Waals surface area contributed by atoms with Gasteiger partial charge in [-0.05, 0) is 73.9 Å². The first-order valence-corrected chi connectivity index (χ1v) is 17.8. The number of aryl methyl sites for hydroxylation is 1. The Morgan fingerprint density at radius 1 is 0.870 bits per heavy atom. The van der Waals surface area contributed by atoms with E-state index in [1.807, 2.05) is 75.4 Å². The highest BCUT2D eigenvalue weighted by atomic mass is 79.9. The molecule has 2 atom stereocenters. The van der Waals surface area contributed by atoms with Crippen LogP contribution in [0.15, 0.2) is 106 Å². The number of sulfonamides is 1. The molecule has 0 aromatic heterocycles. The lowest BCUT2D eigenvalue weighted by atomic mass is 10.0. The molecule has 0 unspecified atom stereocenters. The fourth-order valence-corrected chi connectivity index (χ4v) is 6.75. The van der Waals surface area contributed by atoms with Gasteiger partial charge in [-0.2, -0.15) is 0 Å². The van der Waals surface area contributed by atoms with Gasteiger partial charge in [0.25, 0.3) is 10.0 Å². The highest BCUT2D eigenvalue weighted by Crippen LogP contribution is 2.31. The molecule has 11 heteroatoms. The zero-order valence-corrected chi connectivity index (χ0v) is 29.7. The number of carbonyl (C=O) groups excluding carboxylic acids is 2. The summed E-state index contributed by atoms with van der Waals surface area (Å²) >= 11 is 16.0. The Balaban J connectivity index is 1.82. The first-order chi connectivity index (χ1) is 21.9. The van der Waals surface area contributed by atoms with Gasteiger partial charge in [0, 0.05) is 23.5 Å². The molecule has 7 nitrogen and oxygen atoms in total. The van der Waals surface area contributed by atoms with Gasteiger partial charge in [-0.25, -0.2) is 8.42 Å². The molecule has 2 amide bonds. The van der Waals surface area contributed by atoms with E-state index in [4.69, 9.17) is 23.2 Å². The predicted molar refractivity (Wildman–Crippen MR) is 189 cm³/mol. The Hall–Kier alpha value is -3.37. The third-order valence-electron chi connectivity index (χ3n) is 7.62. The number of hydrogen-bond acceptors (Lipinski definition) is 4. The zero-order chi connectivity index (χ0) is 33.4. The quantitative estimate of drug-likeness (QED) is 0.151. The summed E-state index contributed by atoms with van der Waals surface area (Å²) in [6.07, 6.45) is 0.924. The van der Waals surface area contributed by atoms with Crippen molar-refractivity contribution in [2.75, 3.05) is 10.8 Å². The number of nitrogens with one attached hydrogen (secondary N) is 1. The minimum atomic E-state index is -4.26. The summed E-state index contributed by atoms with van der Waals surface area (Å²) < 4.78 is 30.2. The van der Waals surface area contributed by atoms with Crippen LogP contribution in [0.25, 0.3) is 0 Å². The van der Waals surface area contributed by atoms with Crippen molar-refractivity contribution in [2.24, 2.45) is 0 Å². The number of amides is 2. The van der Waals surface area contributed by atoms with Gasteiger partial charge in [0.05, 0.1) is 20.6 Å². The van der Waals surface area contributed by atoms with Crippen LogP contribution in [0, 0.1) is 6.92 Å². The van der Waals surface area contributed by atoms with E-state index in [0.717, 1.165) is 25.5 Å². The maximum absolute atomic E-state index is 14.5. The van der Waals surface area contributed by atoms with Gasteiger partial charge in [-0.15, -0.1) is 0 Å². The largest absolute Gasteiger partial charge is 0.352 e. The number of hydrogen-bond donors (Lipinski definition) is 1. The van der Waals surface area contributed by atoms with Crippen LogP contribution in [0.3, 0.4) is 0 Å². The fraction of sp³-hybridized carbons (Fsp3) is 0.257. The molecule has 0 fully saturated rings. The van der Waals surface area contributed by atoms with Gasteiger partial charge in [0.2, 0.25) is 11.8 Å². The van der Waals surface area contributed by atoms with Crippen LogP contribution in [0.5, 0.6) is 0 Å². The summed E-state index contributed by atoms with van der Waals surface area (Å²) in [4.78, 5) is 29.9. The molecule has 0 saturated heterocycles. The van der Waals surface area contributed by atoms with E-state index in [0.29, 0.717) is 6.42 Å². The highest BCUT2D eigenvalue weighted by molar-refractivity contribution is 9.10. The van der Waals surface area contributed by atoms with Gasteiger partial charge >= 0.3 is 0 Å². The van der Waals surface area contributed by atoms with Crippen molar-refractivity contribution in [3.63, 3.8) is 0 Å². The lowest BCUT2D eigenvalue weighted by Crippen LogP contribution is -2.54. The number of carbonyl (C=O) groups is 2. The second kappa shape index (κ2) is 16.0. The third-order valence-corrected chi connectivity index (χ3v) is 10.7. The number of nitrogens with zero attached hydrogens (tertiary/aromatic N) is 2. The Labute approximate surface area is 289 Å². The normalized spacial score (nSPS) is 12.7. The monoisotopic (exact) mass is 743 g/mol. The SMILES string of the molecule is CC[C@H](C)NC(=O)[C@H](Cc1ccccc1)N(Cc1ccc(Br)cc1)C(=O)CN(c1ccc(Cl)c(Cl)c1)S(=O)(=O)c1ccc(C)cc1. The minimum absolute atomic E-state index is 0.00628. The smallest absolute Gasteiger partial charge is 0.264 e. The fourth-order valence-electron chi connectivity index (χ4n) is 4.79. The second-order valence-electron chi connectivity index (χ2n) is 11.1. The van der Waals surface area contributed by atoms with E-state index in [1.54, 1.807) is 12.1 Å². The standard InChI is InChI=1S/C35H36BrCl2N3O4S/c1-4-25(3)39-35(43)33(20-26-8-6-5-7-9-26)40(22-27-12-14-28(36)15-13-27)34(42)23-41(29-16-19-31(37)32(38)21-29)46(44,45)30-17-10-24(2)11-18-30/h5-19,21,25,33H,4,20,22-23H2,1-3H3,(H,39,43)/t25-,33-/m0/s1. The van der Waals surface area contributed by atoms with Crippen LogP contribution in [0.2, 0.25) is 10.0 Å². The van der Waals surface area contributed by atoms with E-state index in [9.17, 15) is 18.0 Å². The van der Waals surface area contributed by atoms with Crippen molar-refractivity contribution in [2.45, 2.75) is 57.1 Å². The van der Waals surface area contributed by atoms with E-state index < -0.39 is 28.5 Å². The van der Waals surface area contributed by atoms with Crippen LogP contribution in [0.1, 0.15) is 37.0 Å². The molecule has 1 N–H and O–H groups in total. The average Bonchev–Trinajstić information content (AvgIpc) is 3.04. The predicted octanol–water partition coefficient (Wildman–Crippen LogP) is 7.81. The molecular weight excluding hydrogens is 709 g/mol. The maximum Gasteiger partial charge on any atom is 0.264 e. The van der Waals surface area contributed by atoms with Gasteiger partial charge in [0.15, 0.2) is 0 Å². The third kappa shape index (κ3) is 9.12. The van der Waals surface area contributed by atoms with Gasteiger partial charge in [0.1, 0.15) is 12.6 Å². The minimum Gasteiger partial charge on any atom is -0.352 e. The molecule has 0 spiro atoms. The molecule has 4 aromatic carbocycles. The molecule has 4 aromatic rings. The van der Waals surface area contributed by atoms with Crippen molar-refractivity contribution < 1.29 is 18.0 Å². The maximum atomic E-state index is 14.5. The van der Waals surface area contributed by atoms with Gasteiger partial charge < -0.3 is 10.2 Å². The van der Waals surface area contributed by atoms with Crippen molar-refractivity contribution in [3.8, 4) is 0 Å². The summed E-state index contributed by atoms with van der Waals surface area (Å²) in [5.74, 6) is -0.893. The second-order valence-corrected chi connectivity index (χ2v) is 14.7. The average molecular weight is 746 g/mol. The van der Waals surface area contributed by atoms with Gasteiger partial charge in [-0.1, -0.05) is 106 Å². The van der Waals surface area contributed by atoms with Crippen molar-refractivity contribution >= 4 is 66.7 Å². The van der Waals surface area contributed by atoms with Crippen LogP contribution in [0.4, 0.5) is 5.69 Å². The Kier molecular flexibility index (Phi) is 12.3. The van der Waals surface area contributed by atoms with E-state index in [1.165, 1.54) is 35.2 Å². The molecule has 4 rings (SSSR count). The van der Waals surface area contributed by atoms with Crippen molar-refractivity contribution in [1.29, 1.82) is 0 Å². The van der Waals surface area contributed by atoms with Crippen molar-refractivity contribution in [1.82, 2.24) is 10.2 Å². The summed E-state index contributed by atoms with van der Waals surface area (Å²) in [6.45, 7) is 5.20. The Morgan fingerprint density at radius 2 is 1.52 bits per heavy atom. The number of anilines is 1. The lowest BCUT2D eigenvalue weighted by molar-refractivity contribution is -0.140.